The van der Waals surface area contributed by atoms with Gasteiger partial charge in [0, 0.05) is 16.2 Å². The van der Waals surface area contributed by atoms with Crippen LogP contribution in [0.1, 0.15) is 19.4 Å². The van der Waals surface area contributed by atoms with Crippen LogP contribution in [0.25, 0.3) is 0 Å². The first-order chi connectivity index (χ1) is 8.20. The fourth-order valence-electron chi connectivity index (χ4n) is 1.25. The van der Waals surface area contributed by atoms with Gasteiger partial charge in [-0.15, -0.1) is 0 Å². The van der Waals surface area contributed by atoms with E-state index in [2.05, 4.69) is 26.6 Å². The van der Waals surface area contributed by atoms with Gasteiger partial charge in [0.05, 0.1) is 5.56 Å². The van der Waals surface area contributed by atoms with Gasteiger partial charge < -0.3 is 10.6 Å². The lowest BCUT2D eigenvalue weighted by Crippen LogP contribution is -2.33. The third-order valence-electron chi connectivity index (χ3n) is 1.95. The Morgan fingerprint density at radius 1 is 1.33 bits per heavy atom. The first kappa shape index (κ1) is 15.2. The molecule has 0 bridgehead atoms. The van der Waals surface area contributed by atoms with Crippen LogP contribution in [0.5, 0.6) is 0 Å². The molecule has 0 aromatic heterocycles. The quantitative estimate of drug-likeness (QED) is 0.790. The molecule has 0 heterocycles. The summed E-state index contributed by atoms with van der Waals surface area (Å²) >= 11 is 7.84. The Morgan fingerprint density at radius 2 is 1.94 bits per heavy atom. The average molecular weight is 341 g/mol. The maximum atomic E-state index is 12.7. The molecule has 0 aliphatic heterocycles. The molecule has 0 amide bonds. The van der Waals surface area contributed by atoms with Crippen LogP contribution in [0.3, 0.4) is 0 Å². The van der Waals surface area contributed by atoms with Crippen LogP contribution < -0.4 is 10.6 Å². The molecule has 0 spiro atoms. The van der Waals surface area contributed by atoms with Gasteiger partial charge in [-0.1, -0.05) is 15.9 Å². The van der Waals surface area contributed by atoms with Crippen molar-refractivity contribution in [3.63, 3.8) is 0 Å². The standard InChI is InChI=1S/C11H12BrF3N2S/c1-6(2)16-10(18)17-7-3-4-9(12)8(5-7)11(13,14)15/h3-6H,1-2H3,(H2,16,17,18). The number of nitrogens with one attached hydrogen (secondary N) is 2. The summed E-state index contributed by atoms with van der Waals surface area (Å²) in [6, 6.07) is 3.98. The van der Waals surface area contributed by atoms with E-state index < -0.39 is 11.7 Å². The summed E-state index contributed by atoms with van der Waals surface area (Å²) < 4.78 is 38.0. The molecule has 2 nitrogen and oxygen atoms in total. The Hall–Kier alpha value is -0.820. The van der Waals surface area contributed by atoms with Gasteiger partial charge >= 0.3 is 6.18 Å². The van der Waals surface area contributed by atoms with E-state index in [9.17, 15) is 13.2 Å². The maximum Gasteiger partial charge on any atom is 0.417 e. The second kappa shape index (κ2) is 5.88. The number of rotatable bonds is 2. The first-order valence-electron chi connectivity index (χ1n) is 5.14. The Bertz CT molecular complexity index is 446. The molecule has 1 rings (SSSR count). The zero-order valence-corrected chi connectivity index (χ0v) is 12.1. The van der Waals surface area contributed by atoms with Crippen molar-refractivity contribution >= 4 is 38.9 Å². The smallest absolute Gasteiger partial charge is 0.360 e. The van der Waals surface area contributed by atoms with E-state index in [1.807, 2.05) is 13.8 Å². The lowest BCUT2D eigenvalue weighted by atomic mass is 10.2. The van der Waals surface area contributed by atoms with Gasteiger partial charge in [0.2, 0.25) is 0 Å². The second-order valence-corrected chi connectivity index (χ2v) is 5.21. The van der Waals surface area contributed by atoms with Crippen LogP contribution in [0.2, 0.25) is 0 Å². The number of alkyl halides is 3. The van der Waals surface area contributed by atoms with Crippen molar-refractivity contribution in [1.82, 2.24) is 5.32 Å². The van der Waals surface area contributed by atoms with Crippen molar-refractivity contribution in [3.05, 3.63) is 28.2 Å². The molecule has 0 atom stereocenters. The second-order valence-electron chi connectivity index (χ2n) is 3.95. The molecule has 0 radical (unpaired) electrons. The van der Waals surface area contributed by atoms with Gasteiger partial charge in [-0.05, 0) is 44.3 Å². The van der Waals surface area contributed by atoms with E-state index in [4.69, 9.17) is 12.2 Å². The average Bonchev–Trinajstić information content (AvgIpc) is 2.17. The van der Waals surface area contributed by atoms with E-state index in [1.54, 1.807) is 0 Å². The van der Waals surface area contributed by atoms with E-state index in [-0.39, 0.29) is 10.5 Å². The minimum Gasteiger partial charge on any atom is -0.360 e. The van der Waals surface area contributed by atoms with Crippen molar-refractivity contribution in [2.75, 3.05) is 5.32 Å². The molecular weight excluding hydrogens is 329 g/mol. The Kier molecular flexibility index (Phi) is 4.98. The fraction of sp³-hybridized carbons (Fsp3) is 0.364. The highest BCUT2D eigenvalue weighted by Gasteiger charge is 2.33. The largest absolute Gasteiger partial charge is 0.417 e. The number of hydrogen-bond acceptors (Lipinski definition) is 1. The normalized spacial score (nSPS) is 11.5. The van der Waals surface area contributed by atoms with Crippen molar-refractivity contribution < 1.29 is 13.2 Å². The highest BCUT2D eigenvalue weighted by molar-refractivity contribution is 9.10. The van der Waals surface area contributed by atoms with E-state index in [1.165, 1.54) is 12.1 Å². The fourth-order valence-corrected chi connectivity index (χ4v) is 2.07. The molecular formula is C11H12BrF3N2S. The Balaban J connectivity index is 2.89. The molecule has 2 N–H and O–H groups in total. The molecule has 1 aromatic carbocycles. The topological polar surface area (TPSA) is 24.1 Å². The lowest BCUT2D eigenvalue weighted by molar-refractivity contribution is -0.138. The van der Waals surface area contributed by atoms with Crippen molar-refractivity contribution in [2.45, 2.75) is 26.1 Å². The molecule has 18 heavy (non-hydrogen) atoms. The molecule has 7 heteroatoms. The van der Waals surface area contributed by atoms with Crippen LogP contribution in [0.4, 0.5) is 18.9 Å². The van der Waals surface area contributed by atoms with Crippen molar-refractivity contribution in [1.29, 1.82) is 0 Å². The highest BCUT2D eigenvalue weighted by Crippen LogP contribution is 2.36. The highest BCUT2D eigenvalue weighted by atomic mass is 79.9. The van der Waals surface area contributed by atoms with Crippen LogP contribution in [-0.2, 0) is 6.18 Å². The zero-order valence-electron chi connectivity index (χ0n) is 9.73. The van der Waals surface area contributed by atoms with Gasteiger partial charge in [-0.3, -0.25) is 0 Å². The molecule has 1 aromatic rings. The first-order valence-corrected chi connectivity index (χ1v) is 6.34. The van der Waals surface area contributed by atoms with Crippen LogP contribution in [0, 0.1) is 0 Å². The number of hydrogen-bond donors (Lipinski definition) is 2. The van der Waals surface area contributed by atoms with Crippen LogP contribution in [-0.4, -0.2) is 11.2 Å². The van der Waals surface area contributed by atoms with E-state index in [0.717, 1.165) is 6.07 Å². The van der Waals surface area contributed by atoms with Gasteiger partial charge in [-0.2, -0.15) is 13.2 Å². The van der Waals surface area contributed by atoms with Crippen LogP contribution >= 0.6 is 28.1 Å². The molecule has 0 fully saturated rings. The zero-order chi connectivity index (χ0) is 13.9. The third-order valence-corrected chi connectivity index (χ3v) is 2.86. The molecule has 0 saturated carbocycles. The predicted molar refractivity (Wildman–Crippen MR) is 73.6 cm³/mol. The van der Waals surface area contributed by atoms with Crippen molar-refractivity contribution in [3.8, 4) is 0 Å². The summed E-state index contributed by atoms with van der Waals surface area (Å²) in [6.45, 7) is 3.77. The SMILES string of the molecule is CC(C)NC(=S)Nc1ccc(Br)c(C(F)(F)F)c1. The van der Waals surface area contributed by atoms with Gasteiger partial charge in [0.25, 0.3) is 0 Å². The molecule has 0 saturated heterocycles. The van der Waals surface area contributed by atoms with E-state index in [0.29, 0.717) is 10.8 Å². The Morgan fingerprint density at radius 3 is 2.44 bits per heavy atom. The minimum atomic E-state index is -4.40. The monoisotopic (exact) mass is 340 g/mol. The van der Waals surface area contributed by atoms with Gasteiger partial charge in [0.15, 0.2) is 5.11 Å². The molecule has 0 aliphatic carbocycles. The van der Waals surface area contributed by atoms with Crippen LogP contribution in [0.15, 0.2) is 22.7 Å². The molecule has 100 valence electrons. The summed E-state index contributed by atoms with van der Waals surface area (Å²) in [5, 5.41) is 5.90. The summed E-state index contributed by atoms with van der Waals surface area (Å²) in [7, 11) is 0. The summed E-state index contributed by atoms with van der Waals surface area (Å²) in [5.41, 5.74) is -0.441. The number of halogens is 4. The summed E-state index contributed by atoms with van der Waals surface area (Å²) in [4.78, 5) is 0. The number of benzene rings is 1. The van der Waals surface area contributed by atoms with Gasteiger partial charge in [-0.25, -0.2) is 0 Å². The predicted octanol–water partition coefficient (Wildman–Crippen LogP) is 4.16. The number of thiocarbonyl (C=S) groups is 1. The lowest BCUT2D eigenvalue weighted by Gasteiger charge is -2.15. The summed E-state index contributed by atoms with van der Waals surface area (Å²) in [6.07, 6.45) is -4.40. The third kappa shape index (κ3) is 4.45. The van der Waals surface area contributed by atoms with Crippen molar-refractivity contribution in [2.24, 2.45) is 0 Å². The summed E-state index contributed by atoms with van der Waals surface area (Å²) in [5.74, 6) is 0. The van der Waals surface area contributed by atoms with E-state index >= 15 is 0 Å². The molecule has 0 aliphatic rings. The van der Waals surface area contributed by atoms with Gasteiger partial charge in [0.1, 0.15) is 0 Å². The molecule has 0 unspecified atom stereocenters. The number of anilines is 1. The Labute approximate surface area is 117 Å². The maximum absolute atomic E-state index is 12.7. The minimum absolute atomic E-state index is 0.00304.